The summed E-state index contributed by atoms with van der Waals surface area (Å²) in [7, 11) is 0. The topological polar surface area (TPSA) is 0 Å². The minimum Gasteiger partial charge on any atom is -0.0871 e. The first-order chi connectivity index (χ1) is 7.31. The summed E-state index contributed by atoms with van der Waals surface area (Å²) in [5.41, 5.74) is 4.02. The molecule has 0 aromatic heterocycles. The van der Waals surface area contributed by atoms with Crippen LogP contribution in [0.25, 0.3) is 5.57 Å². The lowest BCUT2D eigenvalue weighted by Crippen LogP contribution is -1.85. The van der Waals surface area contributed by atoms with Gasteiger partial charge in [0.05, 0.1) is 0 Å². The highest BCUT2D eigenvalue weighted by molar-refractivity contribution is 5.73. The van der Waals surface area contributed by atoms with Crippen LogP contribution in [0.5, 0.6) is 0 Å². The van der Waals surface area contributed by atoms with Gasteiger partial charge in [-0.2, -0.15) is 0 Å². The summed E-state index contributed by atoms with van der Waals surface area (Å²) in [6.07, 6.45) is 8.76. The Labute approximate surface area is 93.3 Å². The highest BCUT2D eigenvalue weighted by Crippen LogP contribution is 2.17. The summed E-state index contributed by atoms with van der Waals surface area (Å²) >= 11 is 0. The molecule has 0 heteroatoms. The summed E-state index contributed by atoms with van der Waals surface area (Å²) < 4.78 is 0. The van der Waals surface area contributed by atoms with Gasteiger partial charge in [-0.25, -0.2) is 0 Å². The fourth-order valence-corrected chi connectivity index (χ4v) is 1.69. The van der Waals surface area contributed by atoms with E-state index in [4.69, 9.17) is 0 Å². The maximum atomic E-state index is 2.23. The quantitative estimate of drug-likeness (QED) is 0.622. The number of hydrogen-bond acceptors (Lipinski definition) is 0. The van der Waals surface area contributed by atoms with Gasteiger partial charge in [0.25, 0.3) is 0 Å². The molecule has 0 radical (unpaired) electrons. The summed E-state index contributed by atoms with van der Waals surface area (Å²) in [6.45, 7) is 6.34. The fourth-order valence-electron chi connectivity index (χ4n) is 1.69. The first kappa shape index (κ1) is 11.8. The molecule has 1 aromatic rings. The van der Waals surface area contributed by atoms with E-state index in [1.807, 2.05) is 0 Å². The van der Waals surface area contributed by atoms with Gasteiger partial charge in [0.1, 0.15) is 0 Å². The maximum Gasteiger partial charge on any atom is -0.0187 e. The van der Waals surface area contributed by atoms with E-state index in [9.17, 15) is 0 Å². The molecule has 1 rings (SSSR count). The molecule has 0 N–H and O–H groups in total. The lowest BCUT2D eigenvalue weighted by molar-refractivity contribution is 0.922. The van der Waals surface area contributed by atoms with E-state index in [2.05, 4.69) is 63.3 Å². The van der Waals surface area contributed by atoms with E-state index < -0.39 is 0 Å². The van der Waals surface area contributed by atoms with Gasteiger partial charge in [0, 0.05) is 0 Å². The monoisotopic (exact) mass is 200 g/mol. The van der Waals surface area contributed by atoms with Crippen molar-refractivity contribution in [3.63, 3.8) is 0 Å². The van der Waals surface area contributed by atoms with Crippen LogP contribution in [-0.4, -0.2) is 0 Å². The lowest BCUT2D eigenvalue weighted by Gasteiger charge is -2.04. The van der Waals surface area contributed by atoms with Crippen molar-refractivity contribution in [3.8, 4) is 0 Å². The van der Waals surface area contributed by atoms with Gasteiger partial charge in [0.2, 0.25) is 0 Å². The van der Waals surface area contributed by atoms with Crippen molar-refractivity contribution >= 4 is 5.57 Å². The maximum absolute atomic E-state index is 2.23. The molecular formula is C15H20. The molecule has 0 atom stereocenters. The number of aryl methyl sites for hydroxylation is 1. The molecule has 0 aliphatic carbocycles. The molecule has 0 aliphatic heterocycles. The van der Waals surface area contributed by atoms with E-state index in [0.29, 0.717) is 0 Å². The number of allylic oxidation sites excluding steroid dienone is 4. The van der Waals surface area contributed by atoms with Crippen LogP contribution in [0.2, 0.25) is 0 Å². The minimum absolute atomic E-state index is 1.18. The Morgan fingerprint density at radius 2 is 1.80 bits per heavy atom. The molecule has 0 heterocycles. The second-order valence-corrected chi connectivity index (χ2v) is 3.69. The van der Waals surface area contributed by atoms with Gasteiger partial charge < -0.3 is 0 Å². The third-order valence-electron chi connectivity index (χ3n) is 2.48. The van der Waals surface area contributed by atoms with Crippen molar-refractivity contribution in [3.05, 3.63) is 53.6 Å². The van der Waals surface area contributed by atoms with E-state index in [1.165, 1.54) is 29.5 Å². The van der Waals surface area contributed by atoms with Gasteiger partial charge in [-0.05, 0) is 37.0 Å². The Kier molecular flexibility index (Phi) is 4.89. The average Bonchev–Trinajstić information content (AvgIpc) is 2.28. The van der Waals surface area contributed by atoms with Crippen LogP contribution in [0.15, 0.2) is 42.5 Å². The standard InChI is InChI=1S/C15H20/c1-4-7-13-9-11-15(12-10-13)14(6-3)8-5-2/h5-6,8-12H,4,7H2,1-3H3/b8-5-,14-6+. The zero-order chi connectivity index (χ0) is 11.1. The van der Waals surface area contributed by atoms with Gasteiger partial charge in [-0.3, -0.25) is 0 Å². The molecule has 0 saturated heterocycles. The molecule has 0 saturated carbocycles. The molecule has 0 aliphatic rings. The first-order valence-electron chi connectivity index (χ1n) is 5.70. The van der Waals surface area contributed by atoms with E-state index in [-0.39, 0.29) is 0 Å². The Bertz CT molecular complexity index is 339. The minimum atomic E-state index is 1.18. The van der Waals surface area contributed by atoms with Crippen LogP contribution < -0.4 is 0 Å². The van der Waals surface area contributed by atoms with Crippen LogP contribution in [0, 0.1) is 0 Å². The van der Waals surface area contributed by atoms with Crippen molar-refractivity contribution in [2.45, 2.75) is 33.6 Å². The molecule has 1 aromatic carbocycles. The normalized spacial score (nSPS) is 12.3. The van der Waals surface area contributed by atoms with E-state index in [0.717, 1.165) is 0 Å². The number of rotatable bonds is 4. The van der Waals surface area contributed by atoms with Crippen LogP contribution in [0.1, 0.15) is 38.3 Å². The lowest BCUT2D eigenvalue weighted by atomic mass is 10.0. The number of benzene rings is 1. The van der Waals surface area contributed by atoms with Crippen LogP contribution in [-0.2, 0) is 6.42 Å². The fraction of sp³-hybridized carbons (Fsp3) is 0.333. The molecule has 0 spiro atoms. The molecule has 80 valence electrons. The summed E-state index contributed by atoms with van der Waals surface area (Å²) in [5, 5.41) is 0. The van der Waals surface area contributed by atoms with Crippen LogP contribution in [0.3, 0.4) is 0 Å². The van der Waals surface area contributed by atoms with E-state index in [1.54, 1.807) is 0 Å². The van der Waals surface area contributed by atoms with Gasteiger partial charge in [-0.1, -0.05) is 55.8 Å². The molecule has 0 nitrogen and oxygen atoms in total. The second-order valence-electron chi connectivity index (χ2n) is 3.69. The first-order valence-corrected chi connectivity index (χ1v) is 5.70. The molecule has 0 fully saturated rings. The van der Waals surface area contributed by atoms with Gasteiger partial charge in [-0.15, -0.1) is 0 Å². The Balaban J connectivity index is 2.87. The molecule has 0 bridgehead atoms. The molecular weight excluding hydrogens is 180 g/mol. The van der Waals surface area contributed by atoms with Crippen molar-refractivity contribution in [2.24, 2.45) is 0 Å². The third-order valence-corrected chi connectivity index (χ3v) is 2.48. The van der Waals surface area contributed by atoms with Crippen LogP contribution in [0.4, 0.5) is 0 Å². The van der Waals surface area contributed by atoms with Crippen molar-refractivity contribution in [1.82, 2.24) is 0 Å². The highest BCUT2D eigenvalue weighted by Gasteiger charge is 1.96. The number of hydrogen-bond donors (Lipinski definition) is 0. The predicted molar refractivity (Wildman–Crippen MR) is 68.9 cm³/mol. The van der Waals surface area contributed by atoms with Gasteiger partial charge >= 0.3 is 0 Å². The highest BCUT2D eigenvalue weighted by atomic mass is 14.0. The molecule has 0 unspecified atom stereocenters. The second kappa shape index (κ2) is 6.23. The third kappa shape index (κ3) is 3.39. The predicted octanol–water partition coefficient (Wildman–Crippen LogP) is 4.62. The zero-order valence-electron chi connectivity index (χ0n) is 9.96. The SMILES string of the molecule is C/C=C\C(=C/C)c1ccc(CCC)cc1. The smallest absolute Gasteiger partial charge is 0.0187 e. The Morgan fingerprint density at radius 3 is 2.27 bits per heavy atom. The Morgan fingerprint density at radius 1 is 1.13 bits per heavy atom. The summed E-state index contributed by atoms with van der Waals surface area (Å²) in [4.78, 5) is 0. The van der Waals surface area contributed by atoms with Crippen molar-refractivity contribution in [1.29, 1.82) is 0 Å². The van der Waals surface area contributed by atoms with Crippen molar-refractivity contribution < 1.29 is 0 Å². The van der Waals surface area contributed by atoms with E-state index >= 15 is 0 Å². The van der Waals surface area contributed by atoms with Crippen molar-refractivity contribution in [2.75, 3.05) is 0 Å². The molecule has 15 heavy (non-hydrogen) atoms. The Hall–Kier alpha value is -1.30. The average molecular weight is 200 g/mol. The molecule has 0 amide bonds. The van der Waals surface area contributed by atoms with Gasteiger partial charge in [0.15, 0.2) is 0 Å². The largest absolute Gasteiger partial charge is 0.0871 e. The van der Waals surface area contributed by atoms with Crippen LogP contribution >= 0.6 is 0 Å². The zero-order valence-corrected chi connectivity index (χ0v) is 9.96. The summed E-state index contributed by atoms with van der Waals surface area (Å²) in [6, 6.07) is 8.87. The summed E-state index contributed by atoms with van der Waals surface area (Å²) in [5.74, 6) is 0.